The molecular formula is C19H24N4O2. The number of hydrogen-bond donors (Lipinski definition) is 0. The number of carbonyl (C=O) groups excluding carboxylic acids is 1. The Bertz CT molecular complexity index is 701. The van der Waals surface area contributed by atoms with Crippen molar-refractivity contribution in [3.05, 3.63) is 48.3 Å². The lowest BCUT2D eigenvalue weighted by Gasteiger charge is -2.33. The van der Waals surface area contributed by atoms with Crippen LogP contribution < -0.4 is 0 Å². The van der Waals surface area contributed by atoms with Gasteiger partial charge < -0.3 is 14.2 Å². The number of likely N-dealkylation sites (tertiary alicyclic amines) is 1. The van der Waals surface area contributed by atoms with E-state index in [1.807, 2.05) is 41.8 Å². The first kappa shape index (κ1) is 16.3. The van der Waals surface area contributed by atoms with Crippen molar-refractivity contribution in [1.82, 2.24) is 19.4 Å². The highest BCUT2D eigenvalue weighted by Gasteiger charge is 2.32. The summed E-state index contributed by atoms with van der Waals surface area (Å²) in [5.74, 6) is 1.71. The molecule has 0 aliphatic carbocycles. The van der Waals surface area contributed by atoms with Crippen molar-refractivity contribution in [2.24, 2.45) is 0 Å². The summed E-state index contributed by atoms with van der Waals surface area (Å²) in [6.45, 7) is 3.13. The molecule has 0 bridgehead atoms. The highest BCUT2D eigenvalue weighted by atomic mass is 16.5. The maximum Gasteiger partial charge on any atom is 0.251 e. The van der Waals surface area contributed by atoms with Crippen LogP contribution in [-0.4, -0.2) is 51.1 Å². The van der Waals surface area contributed by atoms with Crippen molar-refractivity contribution in [3.8, 4) is 0 Å². The standard InChI is InChI=1S/C19H24N4O2/c24-19(17-2-1-13-25-17)22-10-5-16(6-11-22)18-21-9-12-23(18)14-15-3-7-20-8-4-15/h3-4,7-9,12,16-17H,1-2,5-6,10-11,13-14H2/t17-/m1/s1. The molecule has 0 saturated carbocycles. The van der Waals surface area contributed by atoms with Crippen molar-refractivity contribution in [3.63, 3.8) is 0 Å². The fraction of sp³-hybridized carbons (Fsp3) is 0.526. The first-order chi connectivity index (χ1) is 12.3. The van der Waals surface area contributed by atoms with E-state index in [1.54, 1.807) is 0 Å². The van der Waals surface area contributed by atoms with Gasteiger partial charge in [-0.2, -0.15) is 0 Å². The van der Waals surface area contributed by atoms with Gasteiger partial charge in [-0.05, 0) is 43.4 Å². The SMILES string of the molecule is O=C([C@H]1CCCO1)N1CCC(c2nccn2Cc2ccncc2)CC1. The average Bonchev–Trinajstić information content (AvgIpc) is 3.34. The highest BCUT2D eigenvalue weighted by Crippen LogP contribution is 2.28. The van der Waals surface area contributed by atoms with E-state index in [1.165, 1.54) is 5.56 Å². The largest absolute Gasteiger partial charge is 0.368 e. The number of imidazole rings is 1. The van der Waals surface area contributed by atoms with Crippen molar-refractivity contribution in [2.45, 2.75) is 44.2 Å². The fourth-order valence-corrected chi connectivity index (χ4v) is 3.83. The molecule has 1 atom stereocenters. The van der Waals surface area contributed by atoms with E-state index < -0.39 is 0 Å². The van der Waals surface area contributed by atoms with E-state index in [2.05, 4.69) is 14.5 Å². The van der Waals surface area contributed by atoms with Crippen LogP contribution in [0.4, 0.5) is 0 Å². The number of amides is 1. The number of ether oxygens (including phenoxy) is 1. The summed E-state index contributed by atoms with van der Waals surface area (Å²) in [4.78, 5) is 23.1. The van der Waals surface area contributed by atoms with Gasteiger partial charge in [-0.25, -0.2) is 4.98 Å². The van der Waals surface area contributed by atoms with Crippen LogP contribution in [0.25, 0.3) is 0 Å². The quantitative estimate of drug-likeness (QED) is 0.856. The lowest BCUT2D eigenvalue weighted by Crippen LogP contribution is -2.43. The Balaban J connectivity index is 1.38. The molecule has 2 saturated heterocycles. The minimum absolute atomic E-state index is 0.177. The maximum absolute atomic E-state index is 12.5. The average molecular weight is 340 g/mol. The first-order valence-electron chi connectivity index (χ1n) is 9.11. The Morgan fingerprint density at radius 2 is 1.96 bits per heavy atom. The molecule has 0 spiro atoms. The number of nitrogens with zero attached hydrogens (tertiary/aromatic N) is 4. The molecule has 0 unspecified atom stereocenters. The van der Waals surface area contributed by atoms with Gasteiger partial charge in [0.05, 0.1) is 0 Å². The maximum atomic E-state index is 12.5. The van der Waals surface area contributed by atoms with Crippen LogP contribution >= 0.6 is 0 Å². The molecule has 132 valence electrons. The molecule has 2 fully saturated rings. The van der Waals surface area contributed by atoms with E-state index in [4.69, 9.17) is 4.74 Å². The Morgan fingerprint density at radius 1 is 1.16 bits per heavy atom. The van der Waals surface area contributed by atoms with E-state index in [9.17, 15) is 4.79 Å². The van der Waals surface area contributed by atoms with Gasteiger partial charge in [0, 0.05) is 56.9 Å². The molecule has 1 amide bonds. The minimum atomic E-state index is -0.203. The number of rotatable bonds is 4. The molecule has 0 aromatic carbocycles. The van der Waals surface area contributed by atoms with Gasteiger partial charge in [0.1, 0.15) is 11.9 Å². The van der Waals surface area contributed by atoms with Crippen LogP contribution in [-0.2, 0) is 16.1 Å². The van der Waals surface area contributed by atoms with Gasteiger partial charge >= 0.3 is 0 Å². The van der Waals surface area contributed by atoms with Gasteiger partial charge in [0.2, 0.25) is 0 Å². The normalized spacial score (nSPS) is 21.6. The molecule has 2 aromatic rings. The lowest BCUT2D eigenvalue weighted by atomic mass is 9.95. The highest BCUT2D eigenvalue weighted by molar-refractivity contribution is 5.81. The van der Waals surface area contributed by atoms with Crippen molar-refractivity contribution >= 4 is 5.91 Å². The second-order valence-electron chi connectivity index (χ2n) is 6.87. The molecule has 4 rings (SSSR count). The summed E-state index contributed by atoms with van der Waals surface area (Å²) in [6.07, 6.45) is 11.2. The Labute approximate surface area is 147 Å². The number of pyridine rings is 1. The zero-order chi connectivity index (χ0) is 17.1. The molecule has 6 nitrogen and oxygen atoms in total. The smallest absolute Gasteiger partial charge is 0.251 e. The molecule has 4 heterocycles. The second kappa shape index (κ2) is 7.35. The van der Waals surface area contributed by atoms with Gasteiger partial charge in [-0.15, -0.1) is 0 Å². The van der Waals surface area contributed by atoms with Crippen molar-refractivity contribution < 1.29 is 9.53 Å². The monoisotopic (exact) mass is 340 g/mol. The first-order valence-corrected chi connectivity index (χ1v) is 9.11. The fourth-order valence-electron chi connectivity index (χ4n) is 3.83. The third-order valence-electron chi connectivity index (χ3n) is 5.23. The van der Waals surface area contributed by atoms with Gasteiger partial charge in [0.15, 0.2) is 0 Å². The zero-order valence-electron chi connectivity index (χ0n) is 14.4. The predicted molar refractivity (Wildman–Crippen MR) is 93.1 cm³/mol. The van der Waals surface area contributed by atoms with Crippen LogP contribution in [0.1, 0.15) is 43.0 Å². The van der Waals surface area contributed by atoms with Gasteiger partial charge in [-0.3, -0.25) is 9.78 Å². The van der Waals surface area contributed by atoms with Crippen LogP contribution in [0.15, 0.2) is 36.9 Å². The minimum Gasteiger partial charge on any atom is -0.368 e. The number of piperidine rings is 1. The summed E-state index contributed by atoms with van der Waals surface area (Å²) < 4.78 is 7.76. The van der Waals surface area contributed by atoms with Crippen LogP contribution in [0.2, 0.25) is 0 Å². The summed E-state index contributed by atoms with van der Waals surface area (Å²) in [5.41, 5.74) is 1.22. The number of aromatic nitrogens is 3. The van der Waals surface area contributed by atoms with Gasteiger partial charge in [0.25, 0.3) is 5.91 Å². The molecule has 25 heavy (non-hydrogen) atoms. The third-order valence-corrected chi connectivity index (χ3v) is 5.23. The molecule has 2 aromatic heterocycles. The summed E-state index contributed by atoms with van der Waals surface area (Å²) in [6, 6.07) is 4.07. The van der Waals surface area contributed by atoms with E-state index >= 15 is 0 Å². The second-order valence-corrected chi connectivity index (χ2v) is 6.87. The summed E-state index contributed by atoms with van der Waals surface area (Å²) in [7, 11) is 0. The molecule has 2 aliphatic heterocycles. The molecule has 0 N–H and O–H groups in total. The summed E-state index contributed by atoms with van der Waals surface area (Å²) in [5, 5.41) is 0. The van der Waals surface area contributed by atoms with E-state index in [0.29, 0.717) is 5.92 Å². The van der Waals surface area contributed by atoms with Crippen molar-refractivity contribution in [2.75, 3.05) is 19.7 Å². The molecule has 6 heteroatoms. The predicted octanol–water partition coefficient (Wildman–Crippen LogP) is 2.21. The van der Waals surface area contributed by atoms with Gasteiger partial charge in [-0.1, -0.05) is 0 Å². The van der Waals surface area contributed by atoms with Crippen LogP contribution in [0.5, 0.6) is 0 Å². The molecular weight excluding hydrogens is 316 g/mol. The Morgan fingerprint density at radius 3 is 2.68 bits per heavy atom. The summed E-state index contributed by atoms with van der Waals surface area (Å²) >= 11 is 0. The van der Waals surface area contributed by atoms with Crippen molar-refractivity contribution in [1.29, 1.82) is 0 Å². The van der Waals surface area contributed by atoms with E-state index in [0.717, 1.165) is 57.7 Å². The van der Waals surface area contributed by atoms with Crippen LogP contribution in [0, 0.1) is 0 Å². The molecule has 0 radical (unpaired) electrons. The lowest BCUT2D eigenvalue weighted by molar-refractivity contribution is -0.142. The van der Waals surface area contributed by atoms with E-state index in [-0.39, 0.29) is 12.0 Å². The number of carbonyl (C=O) groups is 1. The number of hydrogen-bond acceptors (Lipinski definition) is 4. The third kappa shape index (κ3) is 3.58. The molecule has 2 aliphatic rings. The Hall–Kier alpha value is -2.21. The zero-order valence-corrected chi connectivity index (χ0v) is 14.4. The van der Waals surface area contributed by atoms with Crippen LogP contribution in [0.3, 0.4) is 0 Å². The Kier molecular flexibility index (Phi) is 4.78. The topological polar surface area (TPSA) is 60.2 Å².